The van der Waals surface area contributed by atoms with Gasteiger partial charge in [-0.2, -0.15) is 4.80 Å². The molecule has 9 heteroatoms. The van der Waals surface area contributed by atoms with Crippen LogP contribution in [0, 0.1) is 0 Å². The summed E-state index contributed by atoms with van der Waals surface area (Å²) in [5.74, 6) is 0.288. The first-order valence-corrected chi connectivity index (χ1v) is 10.2. The summed E-state index contributed by atoms with van der Waals surface area (Å²) >= 11 is 3.37. The fraction of sp³-hybridized carbons (Fsp3) is 0.300. The van der Waals surface area contributed by atoms with E-state index in [1.165, 1.54) is 10.4 Å². The third kappa shape index (κ3) is 5.47. The van der Waals surface area contributed by atoms with Crippen LogP contribution in [0.25, 0.3) is 11.4 Å². The lowest BCUT2D eigenvalue weighted by molar-refractivity contribution is -0.117. The number of anilines is 1. The molecule has 0 aliphatic carbocycles. The topological polar surface area (TPSA) is 85.2 Å². The summed E-state index contributed by atoms with van der Waals surface area (Å²) in [4.78, 5) is 15.9. The first-order valence-electron chi connectivity index (χ1n) is 9.38. The van der Waals surface area contributed by atoms with Crippen molar-refractivity contribution in [3.8, 4) is 11.4 Å². The molecule has 3 aromatic rings. The fourth-order valence-corrected chi connectivity index (χ4v) is 3.33. The minimum atomic E-state index is -0.211. The normalized spacial score (nSPS) is 14.7. The van der Waals surface area contributed by atoms with Gasteiger partial charge in [-0.05, 0) is 35.0 Å². The van der Waals surface area contributed by atoms with Crippen molar-refractivity contribution in [2.75, 3.05) is 31.6 Å². The highest BCUT2D eigenvalue weighted by molar-refractivity contribution is 9.10. The average molecular weight is 457 g/mol. The average Bonchev–Trinajstić information content (AvgIpc) is 3.19. The Hall–Kier alpha value is -2.62. The summed E-state index contributed by atoms with van der Waals surface area (Å²) in [6.45, 7) is 4.40. The minimum absolute atomic E-state index is 0.00181. The van der Waals surface area contributed by atoms with Crippen LogP contribution in [0.3, 0.4) is 0 Å². The van der Waals surface area contributed by atoms with Crippen LogP contribution in [0.1, 0.15) is 5.56 Å². The van der Waals surface area contributed by atoms with Crippen molar-refractivity contribution < 1.29 is 9.53 Å². The van der Waals surface area contributed by atoms with Crippen molar-refractivity contribution in [3.63, 3.8) is 0 Å². The summed E-state index contributed by atoms with van der Waals surface area (Å²) in [6, 6.07) is 15.5. The Morgan fingerprint density at radius 1 is 1.07 bits per heavy atom. The summed E-state index contributed by atoms with van der Waals surface area (Å²) in [6.07, 6.45) is 0. The van der Waals surface area contributed by atoms with Crippen LogP contribution >= 0.6 is 15.9 Å². The molecule has 0 bridgehead atoms. The van der Waals surface area contributed by atoms with Crippen molar-refractivity contribution in [1.29, 1.82) is 0 Å². The molecule has 4 rings (SSSR count). The molecule has 1 fully saturated rings. The lowest BCUT2D eigenvalue weighted by atomic mass is 10.1. The molecule has 150 valence electrons. The molecule has 29 heavy (non-hydrogen) atoms. The maximum Gasteiger partial charge on any atom is 0.248 e. The molecule has 0 unspecified atom stereocenters. The number of amides is 1. The predicted octanol–water partition coefficient (Wildman–Crippen LogP) is 2.57. The molecule has 0 atom stereocenters. The number of nitrogens with one attached hydrogen (secondary N) is 1. The van der Waals surface area contributed by atoms with E-state index >= 15 is 0 Å². The molecule has 1 aliphatic heterocycles. The Bertz CT molecular complexity index is 952. The molecule has 0 radical (unpaired) electrons. The number of ether oxygens (including phenoxy) is 1. The Balaban J connectivity index is 1.34. The van der Waals surface area contributed by atoms with Crippen molar-refractivity contribution in [3.05, 3.63) is 58.6 Å². The monoisotopic (exact) mass is 456 g/mol. The second-order valence-electron chi connectivity index (χ2n) is 6.78. The third-order valence-corrected chi connectivity index (χ3v) is 5.12. The molecule has 2 heterocycles. The van der Waals surface area contributed by atoms with Crippen LogP contribution in [-0.2, 0) is 22.6 Å². The summed E-state index contributed by atoms with van der Waals surface area (Å²) in [5, 5.41) is 15.2. The van der Waals surface area contributed by atoms with Crippen LogP contribution in [-0.4, -0.2) is 57.3 Å². The van der Waals surface area contributed by atoms with E-state index in [4.69, 9.17) is 4.74 Å². The molecule has 1 saturated heterocycles. The minimum Gasteiger partial charge on any atom is -0.379 e. The smallest absolute Gasteiger partial charge is 0.248 e. The second-order valence-corrected chi connectivity index (χ2v) is 7.70. The number of rotatable bonds is 6. The van der Waals surface area contributed by atoms with E-state index in [1.807, 2.05) is 36.4 Å². The van der Waals surface area contributed by atoms with E-state index in [0.29, 0.717) is 5.82 Å². The van der Waals surface area contributed by atoms with E-state index in [9.17, 15) is 4.79 Å². The number of nitrogens with zero attached hydrogens (tertiary/aromatic N) is 5. The van der Waals surface area contributed by atoms with Crippen molar-refractivity contribution >= 4 is 27.5 Å². The van der Waals surface area contributed by atoms with Gasteiger partial charge in [-0.1, -0.05) is 40.2 Å². The largest absolute Gasteiger partial charge is 0.379 e. The van der Waals surface area contributed by atoms with E-state index < -0.39 is 0 Å². The quantitative estimate of drug-likeness (QED) is 0.613. The molecular weight excluding hydrogens is 436 g/mol. The van der Waals surface area contributed by atoms with Gasteiger partial charge in [0.1, 0.15) is 6.54 Å². The zero-order valence-corrected chi connectivity index (χ0v) is 17.4. The van der Waals surface area contributed by atoms with Gasteiger partial charge in [0.2, 0.25) is 11.7 Å². The highest BCUT2D eigenvalue weighted by atomic mass is 79.9. The van der Waals surface area contributed by atoms with Crippen LogP contribution in [0.4, 0.5) is 5.69 Å². The fourth-order valence-electron chi connectivity index (χ4n) is 3.06. The molecule has 2 aromatic carbocycles. The Morgan fingerprint density at radius 3 is 2.52 bits per heavy atom. The van der Waals surface area contributed by atoms with Crippen molar-refractivity contribution in [1.82, 2.24) is 25.1 Å². The van der Waals surface area contributed by atoms with Crippen molar-refractivity contribution in [2.45, 2.75) is 13.1 Å². The predicted molar refractivity (Wildman–Crippen MR) is 112 cm³/mol. The van der Waals surface area contributed by atoms with Gasteiger partial charge in [-0.15, -0.1) is 10.2 Å². The van der Waals surface area contributed by atoms with Gasteiger partial charge in [-0.3, -0.25) is 9.69 Å². The Labute approximate surface area is 177 Å². The molecule has 1 N–H and O–H groups in total. The maximum absolute atomic E-state index is 12.2. The van der Waals surface area contributed by atoms with Gasteiger partial charge in [0.25, 0.3) is 0 Å². The number of halogens is 1. The van der Waals surface area contributed by atoms with Crippen molar-refractivity contribution in [2.24, 2.45) is 0 Å². The van der Waals surface area contributed by atoms with E-state index in [2.05, 4.69) is 53.7 Å². The number of hydrogen-bond donors (Lipinski definition) is 1. The molecule has 1 aromatic heterocycles. The Morgan fingerprint density at radius 2 is 1.79 bits per heavy atom. The highest BCUT2D eigenvalue weighted by Crippen LogP contribution is 2.17. The molecule has 1 aliphatic rings. The van der Waals surface area contributed by atoms with Gasteiger partial charge in [0, 0.05) is 35.4 Å². The molecule has 8 nitrogen and oxygen atoms in total. The highest BCUT2D eigenvalue weighted by Gasteiger charge is 2.12. The number of benzene rings is 2. The molecular formula is C20H21BrN6O2. The van der Waals surface area contributed by atoms with Crippen LogP contribution < -0.4 is 5.32 Å². The SMILES string of the molecule is O=C(Cn1nnc(-c2ccc(CN3CCOCC3)cc2)n1)Nc1ccc(Br)cc1. The van der Waals surface area contributed by atoms with Gasteiger partial charge in [-0.25, -0.2) is 0 Å². The van der Waals surface area contributed by atoms with Crippen LogP contribution in [0.15, 0.2) is 53.0 Å². The number of carbonyl (C=O) groups excluding carboxylic acids is 1. The van der Waals surface area contributed by atoms with Crippen LogP contribution in [0.5, 0.6) is 0 Å². The molecule has 0 spiro atoms. The Kier molecular flexibility index (Phi) is 6.28. The van der Waals surface area contributed by atoms with E-state index in [1.54, 1.807) is 0 Å². The van der Waals surface area contributed by atoms with Gasteiger partial charge < -0.3 is 10.1 Å². The standard InChI is InChI=1S/C20H21BrN6O2/c21-17-5-7-18(8-6-17)22-19(28)14-27-24-20(23-25-27)16-3-1-15(2-4-16)13-26-9-11-29-12-10-26/h1-8H,9-14H2,(H,22,28). The molecule has 0 saturated carbocycles. The summed E-state index contributed by atoms with van der Waals surface area (Å²) < 4.78 is 6.34. The number of hydrogen-bond acceptors (Lipinski definition) is 6. The maximum atomic E-state index is 12.2. The van der Waals surface area contributed by atoms with Gasteiger partial charge in [0.15, 0.2) is 0 Å². The zero-order chi connectivity index (χ0) is 20.1. The third-order valence-electron chi connectivity index (χ3n) is 4.59. The second kappa shape index (κ2) is 9.25. The summed E-state index contributed by atoms with van der Waals surface area (Å²) in [5.41, 5.74) is 2.82. The molecule has 1 amide bonds. The number of carbonyl (C=O) groups is 1. The lowest BCUT2D eigenvalue weighted by Crippen LogP contribution is -2.35. The number of tetrazole rings is 1. The summed E-state index contributed by atoms with van der Waals surface area (Å²) in [7, 11) is 0. The first kappa shape index (κ1) is 19.7. The first-order chi connectivity index (χ1) is 14.2. The van der Waals surface area contributed by atoms with E-state index in [-0.39, 0.29) is 12.5 Å². The number of aromatic nitrogens is 4. The number of morpholine rings is 1. The lowest BCUT2D eigenvalue weighted by Gasteiger charge is -2.26. The van der Waals surface area contributed by atoms with E-state index in [0.717, 1.165) is 48.6 Å². The van der Waals surface area contributed by atoms with Gasteiger partial charge >= 0.3 is 0 Å². The zero-order valence-electron chi connectivity index (χ0n) is 15.8. The van der Waals surface area contributed by atoms with Crippen LogP contribution in [0.2, 0.25) is 0 Å². The van der Waals surface area contributed by atoms with Gasteiger partial charge in [0.05, 0.1) is 13.2 Å².